The number of nitrogens with one attached hydrogen (secondary N) is 1. The van der Waals surface area contributed by atoms with Gasteiger partial charge in [0.25, 0.3) is 0 Å². The molecule has 5 aliphatic heterocycles. The van der Waals surface area contributed by atoms with Gasteiger partial charge in [0.2, 0.25) is 17.7 Å². The summed E-state index contributed by atoms with van der Waals surface area (Å²) in [5, 5.41) is 49.2. The molecule has 1 saturated carbocycles. The minimum atomic E-state index is -0.842. The highest BCUT2D eigenvalue weighted by Crippen LogP contribution is 2.41. The third-order valence-electron chi connectivity index (χ3n) is 18.0. The number of phenols is 1. The van der Waals surface area contributed by atoms with Crippen molar-refractivity contribution >= 4 is 46.2 Å². The smallest absolute Gasteiger partial charge is 0.243 e. The highest BCUT2D eigenvalue weighted by molar-refractivity contribution is 7.13. The molecule has 6 aliphatic rings. The summed E-state index contributed by atoms with van der Waals surface area (Å²) in [7, 11) is 0. The first kappa shape index (κ1) is 55.6. The maximum Gasteiger partial charge on any atom is 0.243 e. The molecule has 2 aromatic carbocycles. The largest absolute Gasteiger partial charge is 0.507 e. The zero-order chi connectivity index (χ0) is 56.8. The number of aromatic nitrogens is 5. The van der Waals surface area contributed by atoms with Crippen LogP contribution in [0.1, 0.15) is 108 Å². The Morgan fingerprint density at radius 2 is 1.61 bits per heavy atom. The Labute approximate surface area is 482 Å². The Morgan fingerprint density at radius 1 is 0.866 bits per heavy atom. The van der Waals surface area contributed by atoms with Crippen LogP contribution < -0.4 is 30.5 Å². The lowest BCUT2D eigenvalue weighted by Gasteiger charge is -2.44. The van der Waals surface area contributed by atoms with Crippen molar-refractivity contribution in [3.63, 3.8) is 0 Å². The fraction of sp³-hybridized carbons (Fsp3) is 0.525. The highest BCUT2D eigenvalue weighted by Gasteiger charge is 2.45. The molecule has 0 radical (unpaired) electrons. The Kier molecular flexibility index (Phi) is 15.9. The Morgan fingerprint density at radius 3 is 2.32 bits per heavy atom. The number of anilines is 4. The van der Waals surface area contributed by atoms with Crippen LogP contribution in [0, 0.1) is 12.8 Å². The molecule has 82 heavy (non-hydrogen) atoms. The number of thiazole rings is 1. The number of piperazine rings is 1. The van der Waals surface area contributed by atoms with Gasteiger partial charge in [-0.15, -0.1) is 21.5 Å². The second kappa shape index (κ2) is 23.4. The van der Waals surface area contributed by atoms with Gasteiger partial charge in [0.15, 0.2) is 17.4 Å². The Balaban J connectivity index is 0.572. The topological polar surface area (TPSA) is 245 Å². The van der Waals surface area contributed by atoms with E-state index < -0.39 is 23.7 Å². The van der Waals surface area contributed by atoms with E-state index in [2.05, 4.69) is 62.4 Å². The first-order valence-electron chi connectivity index (χ1n) is 29.3. The van der Waals surface area contributed by atoms with Gasteiger partial charge in [0.1, 0.15) is 23.8 Å². The van der Waals surface area contributed by atoms with Gasteiger partial charge < -0.3 is 64.9 Å². The molecule has 6 N–H and O–H groups in total. The molecule has 5 saturated heterocycles. The predicted octanol–water partition coefficient (Wildman–Crippen LogP) is 7.11. The van der Waals surface area contributed by atoms with Gasteiger partial charge >= 0.3 is 0 Å². The van der Waals surface area contributed by atoms with Crippen LogP contribution in [0.25, 0.3) is 21.7 Å². The maximum absolute atomic E-state index is 14.4. The number of nitrogens with two attached hydrogens (primary N) is 1. The maximum atomic E-state index is 14.4. The Bertz CT molecular complexity index is 3200. The number of β-amino-alcohol motifs (C(OH)–C–C–N with tert-alkyl or cyclic N) is 2. The van der Waals surface area contributed by atoms with Gasteiger partial charge in [-0.3, -0.25) is 9.59 Å². The van der Waals surface area contributed by atoms with Gasteiger partial charge in [-0.1, -0.05) is 55.4 Å². The Hall–Kier alpha value is -6.91. The minimum absolute atomic E-state index is 0.0484. The molecular weight excluding hydrogens is 1060 g/mol. The first-order valence-corrected chi connectivity index (χ1v) is 30.2. The van der Waals surface area contributed by atoms with Gasteiger partial charge in [0, 0.05) is 113 Å². The van der Waals surface area contributed by atoms with E-state index in [4.69, 9.17) is 19.7 Å². The number of rotatable bonds is 17. The summed E-state index contributed by atoms with van der Waals surface area (Å²) >= 11 is 1.59. The third-order valence-corrected chi connectivity index (χ3v) is 19.0. The van der Waals surface area contributed by atoms with Crippen LogP contribution in [0.2, 0.25) is 0 Å². The molecule has 1 aliphatic carbocycles. The summed E-state index contributed by atoms with van der Waals surface area (Å²) in [6.07, 6.45) is 8.26. The second-order valence-corrected chi connectivity index (χ2v) is 24.9. The zero-order valence-corrected chi connectivity index (χ0v) is 48.0. The average molecular weight is 1140 g/mol. The van der Waals surface area contributed by atoms with Crippen molar-refractivity contribution in [3.05, 3.63) is 102 Å². The zero-order valence-electron chi connectivity index (χ0n) is 47.2. The predicted molar refractivity (Wildman–Crippen MR) is 313 cm³/mol. The van der Waals surface area contributed by atoms with E-state index in [0.717, 1.165) is 97.8 Å². The van der Waals surface area contributed by atoms with Crippen molar-refractivity contribution in [1.29, 1.82) is 0 Å². The molecule has 6 fully saturated rings. The van der Waals surface area contributed by atoms with Crippen molar-refractivity contribution in [2.24, 2.45) is 5.92 Å². The summed E-state index contributed by atoms with van der Waals surface area (Å²) < 4.78 is 19.0. The number of aliphatic hydroxyl groups is 2. The average Bonchev–Trinajstić information content (AvgIpc) is 4.17. The van der Waals surface area contributed by atoms with Crippen LogP contribution in [-0.4, -0.2) is 163 Å². The number of nitrogen functional groups attached to an aromatic ring is 1. The SMILES string of the molecule is Cc1ncsc1-c1ccc([C@H](C)NC(=O)[C@@H]2C[C@@H](O)CN2C(=O)[C@H](c2cc(N3CCC(O)(CN4CCC(O[C@H]5C[C@H](Oc6cc(N7C8CCC7CN(c7cc(-c9ccccc9O)nnc7N)C8)ccn6)C5)CC4)CC3)no2)C(C)C)cc1. The standard InChI is InChI=1S/C61H76N12O8S/c1-36(2)56(60(77)72-33-44(74)26-51(72)59(76)65-37(3)39-9-11-40(12-10-39)57-38(4)64-35-82-57)53-30-54(68-81-53)70-23-18-61(78,19-24-70)34-69-21-16-45(17-22-69)79-46-27-47(28-46)80-55-25-41(15-20-63-55)73-42-13-14-43(73)32-71(31-42)50-29-49(66-67-58(50)62)48-7-5-6-8-52(48)75/h5-12,15,20,25,29-30,35-37,42-47,51,56,74-75,78H,13-14,16-19,21-24,26-28,31-34H2,1-4H3,(H2,62,67)(H,65,76)/t37-,42?,43?,44+,46-,47-,51-,56-/m0/s1. The number of hydrogen-bond donors (Lipinski definition) is 5. The molecular formula is C61H76N12O8S. The van der Waals surface area contributed by atoms with Crippen molar-refractivity contribution < 1.29 is 38.9 Å². The van der Waals surface area contributed by atoms with Crippen molar-refractivity contribution in [1.82, 2.24) is 40.4 Å². The number of carbonyl (C=O) groups is 2. The number of aryl methyl sites for hydroxylation is 1. The molecule has 2 amide bonds. The number of nitrogens with zero attached hydrogens (tertiary/aromatic N) is 10. The number of para-hydroxylation sites is 1. The van der Waals surface area contributed by atoms with Gasteiger partial charge in [-0.25, -0.2) is 9.97 Å². The van der Waals surface area contributed by atoms with E-state index in [-0.39, 0.29) is 72.9 Å². The number of fused-ring (bicyclic) bond motifs is 2. The van der Waals surface area contributed by atoms with Crippen LogP contribution in [-0.2, 0) is 14.3 Å². The van der Waals surface area contributed by atoms with Crippen LogP contribution in [0.15, 0.2) is 89.0 Å². The van der Waals surface area contributed by atoms with E-state index in [1.165, 1.54) is 4.90 Å². The lowest BCUT2D eigenvalue weighted by atomic mass is 9.89. The van der Waals surface area contributed by atoms with Crippen molar-refractivity contribution in [2.75, 3.05) is 72.8 Å². The monoisotopic (exact) mass is 1140 g/mol. The molecule has 21 heteroatoms. The molecule has 9 heterocycles. The molecule has 0 spiro atoms. The minimum Gasteiger partial charge on any atom is -0.507 e. The van der Waals surface area contributed by atoms with E-state index in [1.54, 1.807) is 23.5 Å². The van der Waals surface area contributed by atoms with E-state index in [1.807, 2.05) is 87.9 Å². The summed E-state index contributed by atoms with van der Waals surface area (Å²) in [6.45, 7) is 12.9. The molecule has 20 nitrogen and oxygen atoms in total. The number of pyridine rings is 1. The lowest BCUT2D eigenvalue weighted by Crippen LogP contribution is -2.54. The highest BCUT2D eigenvalue weighted by atomic mass is 32.1. The number of likely N-dealkylation sites (tertiary alicyclic amines) is 2. The number of aromatic hydroxyl groups is 1. The number of hydrogen-bond acceptors (Lipinski definition) is 19. The van der Waals surface area contributed by atoms with Crippen LogP contribution in [0.4, 0.5) is 23.0 Å². The fourth-order valence-corrected chi connectivity index (χ4v) is 14.2. The quantitative estimate of drug-likeness (QED) is 0.0611. The number of aliphatic hydroxyl groups excluding tert-OH is 1. The summed E-state index contributed by atoms with van der Waals surface area (Å²) in [6, 6.07) is 22.5. The number of phenolic OH excluding ortho intramolecular Hbond substituents is 1. The molecule has 6 atom stereocenters. The third kappa shape index (κ3) is 11.7. The number of amides is 2. The number of piperidine rings is 2. The molecule has 434 valence electrons. The van der Waals surface area contributed by atoms with Crippen molar-refractivity contribution in [3.8, 4) is 33.3 Å². The van der Waals surface area contributed by atoms with Gasteiger partial charge in [-0.2, -0.15) is 0 Å². The van der Waals surface area contributed by atoms with Gasteiger partial charge in [0.05, 0.1) is 57.4 Å². The first-order chi connectivity index (χ1) is 39.6. The van der Waals surface area contributed by atoms with Crippen molar-refractivity contribution in [2.45, 2.75) is 146 Å². The number of benzene rings is 2. The van der Waals surface area contributed by atoms with Crippen LogP contribution >= 0.6 is 11.3 Å². The van der Waals surface area contributed by atoms with Gasteiger partial charge in [-0.05, 0) is 93.7 Å². The van der Waals surface area contributed by atoms with Crippen LogP contribution in [0.3, 0.4) is 0 Å². The molecule has 12 rings (SSSR count). The van der Waals surface area contributed by atoms with E-state index in [0.29, 0.717) is 67.0 Å². The van der Waals surface area contributed by atoms with E-state index in [9.17, 15) is 24.9 Å². The van der Waals surface area contributed by atoms with Crippen LogP contribution in [0.5, 0.6) is 11.6 Å². The number of carbonyl (C=O) groups excluding carboxylic acids is 2. The summed E-state index contributed by atoms with van der Waals surface area (Å²) in [4.78, 5) is 49.1. The number of ether oxygens (including phenoxy) is 2. The molecule has 6 aromatic rings. The second-order valence-electron chi connectivity index (χ2n) is 24.0. The molecule has 2 bridgehead atoms. The molecule has 2 unspecified atom stereocenters. The summed E-state index contributed by atoms with van der Waals surface area (Å²) in [5.74, 6) is 0.739. The molecule has 4 aromatic heterocycles. The summed E-state index contributed by atoms with van der Waals surface area (Å²) in [5.41, 5.74) is 13.5. The lowest BCUT2D eigenvalue weighted by molar-refractivity contribution is -0.141. The van der Waals surface area contributed by atoms with E-state index >= 15 is 0 Å². The normalized spacial score (nSPS) is 24.6. The fourth-order valence-electron chi connectivity index (χ4n) is 13.4.